The fourth-order valence-corrected chi connectivity index (χ4v) is 1.18. The van der Waals surface area contributed by atoms with E-state index in [2.05, 4.69) is 17.2 Å². The number of hydrogen-bond acceptors (Lipinski definition) is 5. The van der Waals surface area contributed by atoms with Gasteiger partial charge in [0.15, 0.2) is 12.4 Å². The Morgan fingerprint density at radius 1 is 1.41 bits per heavy atom. The Balaban J connectivity index is 0.000000325. The average Bonchev–Trinajstić information content (AvgIpc) is 2.28. The van der Waals surface area contributed by atoms with E-state index in [1.54, 1.807) is 0 Å². The highest BCUT2D eigenvalue weighted by Crippen LogP contribution is 1.89. The molecular weight excluding hydrogens is 244 g/mol. The van der Waals surface area contributed by atoms with Crippen LogP contribution in [0.15, 0.2) is 24.5 Å². The molecule has 0 spiro atoms. The fraction of sp³-hybridized carbons (Fsp3) is 0.400. The molecule has 0 N–H and O–H groups in total. The smallest absolute Gasteiger partial charge is 0.217 e. The fourth-order valence-electron chi connectivity index (χ4n) is 0.887. The van der Waals surface area contributed by atoms with Gasteiger partial charge in [0.25, 0.3) is 0 Å². The first kappa shape index (κ1) is 15.5. The van der Waals surface area contributed by atoms with E-state index >= 15 is 0 Å². The van der Waals surface area contributed by atoms with Crippen molar-refractivity contribution in [3.63, 3.8) is 0 Å². The third-order valence-electron chi connectivity index (χ3n) is 1.65. The number of aromatic nitrogens is 1. The van der Waals surface area contributed by atoms with Gasteiger partial charge in [-0.25, -0.2) is 13.0 Å². The Labute approximate surface area is 101 Å². The number of pyridine rings is 1. The molecule has 1 aromatic heterocycles. The van der Waals surface area contributed by atoms with Crippen LogP contribution >= 0.6 is 0 Å². The predicted molar refractivity (Wildman–Crippen MR) is 58.3 cm³/mol. The van der Waals surface area contributed by atoms with E-state index in [4.69, 9.17) is 5.26 Å². The molecule has 0 amide bonds. The van der Waals surface area contributed by atoms with Gasteiger partial charge >= 0.3 is 0 Å². The Morgan fingerprint density at radius 2 is 1.94 bits per heavy atom. The molecule has 6 nitrogen and oxygen atoms in total. The van der Waals surface area contributed by atoms with E-state index in [1.807, 2.05) is 29.1 Å². The molecule has 0 aliphatic carbocycles. The third-order valence-corrected chi connectivity index (χ3v) is 2.17. The number of nitrogens with zero attached hydrogens (tertiary/aromatic N) is 2. The lowest BCUT2D eigenvalue weighted by atomic mass is 10.3. The lowest BCUT2D eigenvalue weighted by Gasteiger charge is -2.02. The Kier molecular flexibility index (Phi) is 7.05. The van der Waals surface area contributed by atoms with Crippen molar-refractivity contribution < 1.29 is 21.7 Å². The second kappa shape index (κ2) is 7.73. The summed E-state index contributed by atoms with van der Waals surface area (Å²) >= 11 is 0. The van der Waals surface area contributed by atoms with E-state index in [0.29, 0.717) is 5.56 Å². The van der Waals surface area contributed by atoms with E-state index in [9.17, 15) is 13.0 Å². The van der Waals surface area contributed by atoms with Crippen LogP contribution < -0.4 is 4.57 Å². The minimum atomic E-state index is -4.42. The van der Waals surface area contributed by atoms with Crippen molar-refractivity contribution in [2.75, 3.05) is 6.61 Å². The van der Waals surface area contributed by atoms with Gasteiger partial charge in [-0.05, 0) is 13.8 Å². The van der Waals surface area contributed by atoms with Crippen LogP contribution in [0.5, 0.6) is 0 Å². The molecular formula is C10H14N2O4S. The maximum Gasteiger partial charge on any atom is 0.217 e. The van der Waals surface area contributed by atoms with Crippen molar-refractivity contribution in [2.24, 2.45) is 0 Å². The lowest BCUT2D eigenvalue weighted by Crippen LogP contribution is -2.30. The highest BCUT2D eigenvalue weighted by Gasteiger charge is 1.94. The lowest BCUT2D eigenvalue weighted by molar-refractivity contribution is -0.693. The number of nitriles is 1. The first-order valence-corrected chi connectivity index (χ1v) is 6.25. The summed E-state index contributed by atoms with van der Waals surface area (Å²) in [6.07, 6.45) is 3.80. The molecule has 0 aromatic carbocycles. The predicted octanol–water partition coefficient (Wildman–Crippen LogP) is 0.349. The van der Waals surface area contributed by atoms with Crippen LogP contribution in [0.25, 0.3) is 0 Å². The molecule has 0 aliphatic heterocycles. The summed E-state index contributed by atoms with van der Waals surface area (Å²) in [6.45, 7) is 4.35. The molecule has 7 heteroatoms. The third kappa shape index (κ3) is 8.33. The molecule has 17 heavy (non-hydrogen) atoms. The molecule has 0 fully saturated rings. The largest absolute Gasteiger partial charge is 0.726 e. The summed E-state index contributed by atoms with van der Waals surface area (Å²) in [5.41, 5.74) is 0.713. The summed E-state index contributed by atoms with van der Waals surface area (Å²) in [7, 11) is -4.42. The van der Waals surface area contributed by atoms with Crippen molar-refractivity contribution in [3.8, 4) is 6.07 Å². The summed E-state index contributed by atoms with van der Waals surface area (Å²) in [4.78, 5) is 0. The summed E-state index contributed by atoms with van der Waals surface area (Å²) in [6, 6.07) is 5.68. The van der Waals surface area contributed by atoms with Crippen LogP contribution in [-0.4, -0.2) is 19.6 Å². The molecule has 0 radical (unpaired) electrons. The van der Waals surface area contributed by atoms with Gasteiger partial charge in [0.2, 0.25) is 10.4 Å². The zero-order valence-electron chi connectivity index (χ0n) is 9.66. The van der Waals surface area contributed by atoms with Crippen molar-refractivity contribution >= 4 is 10.4 Å². The monoisotopic (exact) mass is 258 g/mol. The van der Waals surface area contributed by atoms with Crippen LogP contribution in [0, 0.1) is 11.3 Å². The van der Waals surface area contributed by atoms with Gasteiger partial charge < -0.3 is 4.55 Å². The summed E-state index contributed by atoms with van der Waals surface area (Å²) in [5.74, 6) is 0. The van der Waals surface area contributed by atoms with Crippen LogP contribution in [0.2, 0.25) is 0 Å². The van der Waals surface area contributed by atoms with Gasteiger partial charge in [-0.3, -0.25) is 4.18 Å². The minimum Gasteiger partial charge on any atom is -0.726 e. The standard InChI is InChI=1S/C8H9N2.C2H6O4S/c1-2-10-5-3-8(7-9)4-6-10;1-2-6-7(3,4)5/h3-6H,2H2,1H3;2H2,1H3,(H,3,4,5)/q+1;/p-1. The summed E-state index contributed by atoms with van der Waals surface area (Å²) in [5, 5.41) is 8.44. The maximum absolute atomic E-state index is 9.45. The van der Waals surface area contributed by atoms with Gasteiger partial charge in [-0.2, -0.15) is 5.26 Å². The number of hydrogen-bond donors (Lipinski definition) is 0. The molecule has 0 saturated heterocycles. The van der Waals surface area contributed by atoms with Gasteiger partial charge in [-0.1, -0.05) is 0 Å². The molecule has 0 aliphatic rings. The SMILES string of the molecule is CCOS(=O)(=O)[O-].CC[n+]1ccc(C#N)cc1. The van der Waals surface area contributed by atoms with Gasteiger partial charge in [0.1, 0.15) is 6.54 Å². The topological polar surface area (TPSA) is 94.1 Å². The average molecular weight is 258 g/mol. The molecule has 1 heterocycles. The molecule has 0 unspecified atom stereocenters. The van der Waals surface area contributed by atoms with Crippen molar-refractivity contribution in [2.45, 2.75) is 20.4 Å². The van der Waals surface area contributed by atoms with E-state index in [-0.39, 0.29) is 6.61 Å². The molecule has 1 rings (SSSR count). The maximum atomic E-state index is 9.45. The van der Waals surface area contributed by atoms with Crippen LogP contribution in [0.1, 0.15) is 19.4 Å². The first-order valence-electron chi connectivity index (χ1n) is 4.92. The highest BCUT2D eigenvalue weighted by atomic mass is 32.3. The zero-order valence-corrected chi connectivity index (χ0v) is 10.5. The van der Waals surface area contributed by atoms with Gasteiger partial charge in [-0.15, -0.1) is 0 Å². The molecule has 0 bridgehead atoms. The number of aryl methyl sites for hydroxylation is 1. The molecule has 94 valence electrons. The molecule has 0 atom stereocenters. The van der Waals surface area contributed by atoms with Crippen molar-refractivity contribution in [1.29, 1.82) is 5.26 Å². The van der Waals surface area contributed by atoms with Gasteiger partial charge in [0.05, 0.1) is 18.2 Å². The Hall–Kier alpha value is -1.49. The second-order valence-electron chi connectivity index (χ2n) is 2.84. The van der Waals surface area contributed by atoms with E-state index < -0.39 is 10.4 Å². The minimum absolute atomic E-state index is 0.0914. The first-order chi connectivity index (χ1) is 7.92. The second-order valence-corrected chi connectivity index (χ2v) is 3.90. The Morgan fingerprint density at radius 3 is 2.18 bits per heavy atom. The van der Waals surface area contributed by atoms with Crippen LogP contribution in [-0.2, 0) is 21.1 Å². The van der Waals surface area contributed by atoms with Crippen molar-refractivity contribution in [1.82, 2.24) is 0 Å². The quantitative estimate of drug-likeness (QED) is 0.443. The highest BCUT2D eigenvalue weighted by molar-refractivity contribution is 7.80. The van der Waals surface area contributed by atoms with Crippen LogP contribution in [0.3, 0.4) is 0 Å². The number of rotatable bonds is 3. The summed E-state index contributed by atoms with van der Waals surface area (Å²) < 4.78 is 34.0. The van der Waals surface area contributed by atoms with E-state index in [0.717, 1.165) is 6.54 Å². The molecule has 0 saturated carbocycles. The Bertz CT molecular complexity index is 462. The molecule has 1 aromatic rings. The zero-order chi connectivity index (χ0) is 13.3. The van der Waals surface area contributed by atoms with Crippen molar-refractivity contribution in [3.05, 3.63) is 30.1 Å². The van der Waals surface area contributed by atoms with Crippen LogP contribution in [0.4, 0.5) is 0 Å². The van der Waals surface area contributed by atoms with E-state index in [1.165, 1.54) is 6.92 Å². The van der Waals surface area contributed by atoms with Gasteiger partial charge in [0, 0.05) is 12.1 Å². The normalized spacial score (nSPS) is 10.0.